The fraction of sp³-hybridized carbons (Fsp3) is 0.250. The Morgan fingerprint density at radius 3 is 2.72 bits per heavy atom. The molecule has 9 heteroatoms. The van der Waals surface area contributed by atoms with E-state index in [9.17, 15) is 9.18 Å². The molecule has 0 radical (unpaired) electrons. The lowest BCUT2D eigenvalue weighted by molar-refractivity contribution is -0.123. The van der Waals surface area contributed by atoms with Gasteiger partial charge in [-0.2, -0.15) is 0 Å². The molecular weight excluding hydrogens is 393 g/mol. The van der Waals surface area contributed by atoms with Gasteiger partial charge in [-0.15, -0.1) is 10.7 Å². The minimum Gasteiger partial charge on any atom is -0.479 e. The maximum Gasteiger partial charge on any atom is 0.258 e. The second-order valence-electron chi connectivity index (χ2n) is 6.67. The molecule has 29 heavy (non-hydrogen) atoms. The smallest absolute Gasteiger partial charge is 0.258 e. The minimum atomic E-state index is -0.915. The molecule has 1 atom stereocenters. The zero-order valence-corrected chi connectivity index (χ0v) is 17.4. The third-order valence-corrected chi connectivity index (χ3v) is 4.69. The van der Waals surface area contributed by atoms with Crippen molar-refractivity contribution in [1.82, 2.24) is 9.97 Å². The molecular formula is C20H22FN5O2S. The topological polar surface area (TPSA) is 102 Å². The van der Waals surface area contributed by atoms with E-state index in [0.717, 1.165) is 22.2 Å². The summed E-state index contributed by atoms with van der Waals surface area (Å²) < 4.78 is 23.9. The molecule has 3 aromatic rings. The van der Waals surface area contributed by atoms with Crippen molar-refractivity contribution < 1.29 is 13.9 Å². The highest BCUT2D eigenvalue weighted by Gasteiger charge is 2.16. The molecule has 0 unspecified atom stereocenters. The van der Waals surface area contributed by atoms with E-state index in [1.54, 1.807) is 0 Å². The maximum absolute atomic E-state index is 13.7. The number of aryl methyl sites for hydroxylation is 1. The molecule has 0 aliphatic carbocycles. The lowest BCUT2D eigenvalue weighted by Crippen LogP contribution is -2.30. The number of nitrogens with one attached hydrogen (secondary N) is 1. The standard InChI is InChI=1S/C20H22FN5O2S/c1-11-7-14(26-29(3)4)9-16-18(11)20(24-10-23-16)25-15-6-5-13(21)8-17(15)28-12(2)19(22)27/h5-10,12H,1-4H3,(H2,22,27)(H,23,24,25)/t12-/m1/s1. The zero-order chi connectivity index (χ0) is 21.1. The highest BCUT2D eigenvalue weighted by molar-refractivity contribution is 7.85. The molecule has 152 valence electrons. The Labute approximate surface area is 170 Å². The number of carbonyl (C=O) groups excluding carboxylic acids is 1. The Kier molecular flexibility index (Phi) is 6.07. The van der Waals surface area contributed by atoms with Gasteiger partial charge < -0.3 is 15.8 Å². The first kappa shape index (κ1) is 20.7. The van der Waals surface area contributed by atoms with Crippen LogP contribution in [0, 0.1) is 12.7 Å². The van der Waals surface area contributed by atoms with E-state index in [2.05, 4.69) is 19.6 Å². The number of nitrogens with two attached hydrogens (primary N) is 1. The number of rotatable bonds is 6. The van der Waals surface area contributed by atoms with Gasteiger partial charge >= 0.3 is 0 Å². The van der Waals surface area contributed by atoms with E-state index >= 15 is 0 Å². The summed E-state index contributed by atoms with van der Waals surface area (Å²) in [5, 5.41) is 3.98. The van der Waals surface area contributed by atoms with Crippen molar-refractivity contribution in [3.8, 4) is 5.75 Å². The van der Waals surface area contributed by atoms with Gasteiger partial charge in [0.25, 0.3) is 5.91 Å². The number of nitrogens with zero attached hydrogens (tertiary/aromatic N) is 3. The predicted molar refractivity (Wildman–Crippen MR) is 115 cm³/mol. The van der Waals surface area contributed by atoms with Crippen LogP contribution in [0.3, 0.4) is 0 Å². The average molecular weight is 415 g/mol. The van der Waals surface area contributed by atoms with Gasteiger partial charge in [0.15, 0.2) is 6.10 Å². The number of benzene rings is 2. The number of fused-ring (bicyclic) bond motifs is 1. The van der Waals surface area contributed by atoms with Crippen LogP contribution in [0.5, 0.6) is 5.75 Å². The van der Waals surface area contributed by atoms with Crippen molar-refractivity contribution in [1.29, 1.82) is 0 Å². The number of hydrogen-bond acceptors (Lipinski definition) is 6. The number of halogens is 1. The quantitative estimate of drug-likeness (QED) is 0.638. The van der Waals surface area contributed by atoms with Crippen LogP contribution in [-0.2, 0) is 15.5 Å². The van der Waals surface area contributed by atoms with Gasteiger partial charge in [0.2, 0.25) is 0 Å². The fourth-order valence-electron chi connectivity index (χ4n) is 2.80. The molecule has 0 bridgehead atoms. The molecule has 0 aliphatic rings. The van der Waals surface area contributed by atoms with Crippen molar-refractivity contribution >= 4 is 44.7 Å². The van der Waals surface area contributed by atoms with Crippen LogP contribution in [0.25, 0.3) is 10.9 Å². The molecule has 0 aliphatic heterocycles. The van der Waals surface area contributed by atoms with Crippen LogP contribution in [0.4, 0.5) is 21.6 Å². The number of hydrogen-bond donors (Lipinski definition) is 2. The largest absolute Gasteiger partial charge is 0.479 e. The van der Waals surface area contributed by atoms with E-state index in [0.29, 0.717) is 11.5 Å². The molecule has 0 saturated heterocycles. The number of carbonyl (C=O) groups is 1. The van der Waals surface area contributed by atoms with Gasteiger partial charge in [-0.1, -0.05) is 0 Å². The van der Waals surface area contributed by atoms with Crippen LogP contribution in [0.2, 0.25) is 0 Å². The fourth-order valence-corrected chi connectivity index (χ4v) is 3.33. The normalized spacial score (nSPS) is 12.1. The zero-order valence-electron chi connectivity index (χ0n) is 16.6. The van der Waals surface area contributed by atoms with Crippen LogP contribution in [0.15, 0.2) is 41.0 Å². The van der Waals surface area contributed by atoms with Crippen molar-refractivity contribution in [2.24, 2.45) is 10.1 Å². The summed E-state index contributed by atoms with van der Waals surface area (Å²) in [6, 6.07) is 7.88. The lowest BCUT2D eigenvalue weighted by Gasteiger charge is -2.17. The summed E-state index contributed by atoms with van der Waals surface area (Å²) in [4.78, 5) is 20.0. The predicted octanol–water partition coefficient (Wildman–Crippen LogP) is 3.77. The number of anilines is 2. The van der Waals surface area contributed by atoms with Crippen LogP contribution < -0.4 is 15.8 Å². The van der Waals surface area contributed by atoms with Crippen molar-refractivity contribution in [3.05, 3.63) is 48.0 Å². The summed E-state index contributed by atoms with van der Waals surface area (Å²) in [5.41, 5.74) is 8.26. The minimum absolute atomic E-state index is 0.0935. The summed E-state index contributed by atoms with van der Waals surface area (Å²) in [6.07, 6.45) is 4.61. The second kappa shape index (κ2) is 8.52. The van der Waals surface area contributed by atoms with Crippen LogP contribution >= 0.6 is 0 Å². The van der Waals surface area contributed by atoms with E-state index in [1.807, 2.05) is 31.6 Å². The Balaban J connectivity index is 2.05. The molecule has 0 spiro atoms. The van der Waals surface area contributed by atoms with E-state index in [1.165, 1.54) is 31.5 Å². The SMILES string of the molecule is Cc1cc(N=S(C)C)cc2ncnc(Nc3ccc(F)cc3O[C@H](C)C(N)=O)c12. The number of ether oxygens (including phenoxy) is 1. The molecule has 2 aromatic carbocycles. The Morgan fingerprint density at radius 1 is 1.28 bits per heavy atom. The molecule has 7 nitrogen and oxygen atoms in total. The van der Waals surface area contributed by atoms with Gasteiger partial charge in [-0.3, -0.25) is 4.79 Å². The molecule has 0 fully saturated rings. The lowest BCUT2D eigenvalue weighted by atomic mass is 10.1. The maximum atomic E-state index is 13.7. The van der Waals surface area contributed by atoms with E-state index in [-0.39, 0.29) is 16.4 Å². The van der Waals surface area contributed by atoms with Gasteiger partial charge in [0, 0.05) is 11.5 Å². The first-order valence-electron chi connectivity index (χ1n) is 8.82. The van der Waals surface area contributed by atoms with Crippen molar-refractivity contribution in [2.45, 2.75) is 20.0 Å². The first-order valence-corrected chi connectivity index (χ1v) is 10.8. The van der Waals surface area contributed by atoms with Crippen molar-refractivity contribution in [3.63, 3.8) is 0 Å². The van der Waals surface area contributed by atoms with Crippen LogP contribution in [0.1, 0.15) is 12.5 Å². The number of primary amides is 1. The molecule has 3 rings (SSSR count). The monoisotopic (exact) mass is 415 g/mol. The summed E-state index contributed by atoms with van der Waals surface area (Å²) in [5.74, 6) is -0.444. The molecule has 1 aromatic heterocycles. The molecule has 3 N–H and O–H groups in total. The Bertz CT molecular complexity index is 1120. The van der Waals surface area contributed by atoms with E-state index < -0.39 is 17.8 Å². The average Bonchev–Trinajstić information content (AvgIpc) is 2.63. The summed E-state index contributed by atoms with van der Waals surface area (Å²) >= 11 is 0. The summed E-state index contributed by atoms with van der Waals surface area (Å²) in [7, 11) is -0.0935. The second-order valence-corrected chi connectivity index (χ2v) is 8.40. The van der Waals surface area contributed by atoms with Gasteiger partial charge in [-0.05, 0) is 56.2 Å². The highest BCUT2D eigenvalue weighted by Crippen LogP contribution is 2.34. The number of amides is 1. The van der Waals surface area contributed by atoms with Crippen LogP contribution in [-0.4, -0.2) is 34.5 Å². The van der Waals surface area contributed by atoms with E-state index in [4.69, 9.17) is 10.5 Å². The third kappa shape index (κ3) is 4.86. The van der Waals surface area contributed by atoms with Gasteiger partial charge in [0.1, 0.15) is 23.7 Å². The molecule has 1 amide bonds. The third-order valence-electron chi connectivity index (χ3n) is 4.11. The molecule has 1 heterocycles. The van der Waals surface area contributed by atoms with Crippen molar-refractivity contribution in [2.75, 3.05) is 17.8 Å². The highest BCUT2D eigenvalue weighted by atomic mass is 32.2. The Hall–Kier alpha value is -3.07. The number of aromatic nitrogens is 2. The Morgan fingerprint density at radius 2 is 2.03 bits per heavy atom. The van der Waals surface area contributed by atoms with Gasteiger partial charge in [0.05, 0.1) is 16.9 Å². The summed E-state index contributed by atoms with van der Waals surface area (Å²) in [6.45, 7) is 3.46. The molecule has 0 saturated carbocycles. The first-order chi connectivity index (χ1) is 13.7. The van der Waals surface area contributed by atoms with Gasteiger partial charge in [-0.25, -0.2) is 18.7 Å².